The van der Waals surface area contributed by atoms with E-state index in [1.807, 2.05) is 0 Å². The van der Waals surface area contributed by atoms with Crippen molar-refractivity contribution in [3.05, 3.63) is 23.8 Å². The molecular formula is C29H49O6P. The predicted molar refractivity (Wildman–Crippen MR) is 145 cm³/mol. The Labute approximate surface area is 219 Å². The molecule has 0 bridgehead atoms. The first-order valence-corrected chi connectivity index (χ1v) is 15.5. The van der Waals surface area contributed by atoms with Crippen LogP contribution in [-0.2, 0) is 13.6 Å². The number of hydrogen-bond acceptors (Lipinski definition) is 6. The third-order valence-corrected chi connectivity index (χ3v) is 10.5. The van der Waals surface area contributed by atoms with Gasteiger partial charge in [-0.2, -0.15) is 0 Å². The van der Waals surface area contributed by atoms with E-state index in [1.165, 1.54) is 0 Å². The lowest BCUT2D eigenvalue weighted by atomic mass is 9.75. The average Bonchev–Trinajstić information content (AvgIpc) is 2.82. The molecule has 36 heavy (non-hydrogen) atoms. The predicted octanol–water partition coefficient (Wildman–Crippen LogP) is 7.84. The van der Waals surface area contributed by atoms with Crippen LogP contribution < -0.4 is 9.47 Å². The van der Waals surface area contributed by atoms with Gasteiger partial charge in [0.05, 0.1) is 26.4 Å². The fourth-order valence-electron chi connectivity index (χ4n) is 6.19. The van der Waals surface area contributed by atoms with Gasteiger partial charge in [-0.25, -0.2) is 0 Å². The van der Waals surface area contributed by atoms with Crippen molar-refractivity contribution in [3.8, 4) is 11.5 Å². The van der Waals surface area contributed by atoms with Gasteiger partial charge in [-0.05, 0) is 78.9 Å². The number of hydrogen-bond donors (Lipinski definition) is 1. The Hall–Kier alpha value is -1.07. The molecule has 2 aliphatic carbocycles. The first-order valence-electron chi connectivity index (χ1n) is 13.9. The Morgan fingerprint density at radius 2 is 1.28 bits per heavy atom. The summed E-state index contributed by atoms with van der Waals surface area (Å²) >= 11 is 0. The van der Waals surface area contributed by atoms with Gasteiger partial charge in [0, 0.05) is 0 Å². The molecule has 0 heterocycles. The number of aliphatic hydroxyl groups is 1. The van der Waals surface area contributed by atoms with Crippen LogP contribution in [0.4, 0.5) is 0 Å². The summed E-state index contributed by atoms with van der Waals surface area (Å²) in [6, 6.07) is 5.12. The van der Waals surface area contributed by atoms with Crippen molar-refractivity contribution in [3.63, 3.8) is 0 Å². The summed E-state index contributed by atoms with van der Waals surface area (Å²) in [7, 11) is -0.854. The van der Waals surface area contributed by atoms with E-state index in [9.17, 15) is 9.67 Å². The number of ether oxygens (including phenoxy) is 2. The fourth-order valence-corrected chi connectivity index (χ4v) is 8.23. The molecule has 6 nitrogen and oxygen atoms in total. The molecule has 0 spiro atoms. The molecule has 0 amide bonds. The zero-order valence-corrected chi connectivity index (χ0v) is 24.5. The van der Waals surface area contributed by atoms with Gasteiger partial charge in [0.2, 0.25) is 0 Å². The van der Waals surface area contributed by atoms with Crippen molar-refractivity contribution < 1.29 is 28.2 Å². The molecule has 0 aromatic heterocycles. The quantitative estimate of drug-likeness (QED) is 0.314. The monoisotopic (exact) mass is 524 g/mol. The molecule has 2 fully saturated rings. The summed E-state index contributed by atoms with van der Waals surface area (Å²) < 4.78 is 38.7. The molecule has 2 aliphatic rings. The van der Waals surface area contributed by atoms with Crippen LogP contribution in [0, 0.1) is 35.5 Å². The van der Waals surface area contributed by atoms with E-state index in [1.54, 1.807) is 32.4 Å². The van der Waals surface area contributed by atoms with Crippen molar-refractivity contribution in [2.45, 2.75) is 98.1 Å². The SMILES string of the molecule is COc1ccc([C@@H](O)P(=O)(O[C@@H]2C[C@@H](C)CC[C@@H]2C(C)C)O[C@@H]2C[C@@H](C)CC[C@@H]2C(C)C)cc1OC. The molecule has 3 rings (SSSR count). The third-order valence-electron chi connectivity index (χ3n) is 8.49. The van der Waals surface area contributed by atoms with E-state index in [4.69, 9.17) is 18.5 Å². The lowest BCUT2D eigenvalue weighted by molar-refractivity contribution is -0.0154. The summed E-state index contributed by atoms with van der Waals surface area (Å²) in [4.78, 5) is 0. The van der Waals surface area contributed by atoms with E-state index >= 15 is 0 Å². The van der Waals surface area contributed by atoms with E-state index in [0.717, 1.165) is 38.5 Å². The van der Waals surface area contributed by atoms with Crippen molar-refractivity contribution in [1.29, 1.82) is 0 Å². The lowest BCUT2D eigenvalue weighted by Gasteiger charge is -2.42. The second kappa shape index (κ2) is 12.7. The average molecular weight is 525 g/mol. The molecule has 7 heteroatoms. The highest BCUT2D eigenvalue weighted by Gasteiger charge is 2.46. The molecule has 206 valence electrons. The van der Waals surface area contributed by atoms with E-state index in [-0.39, 0.29) is 24.0 Å². The maximum absolute atomic E-state index is 14.8. The Morgan fingerprint density at radius 3 is 1.69 bits per heavy atom. The summed E-state index contributed by atoms with van der Waals surface area (Å²) in [6.07, 6.45) is 5.56. The minimum atomic E-state index is -3.97. The Kier molecular flexibility index (Phi) is 10.4. The number of aliphatic hydroxyl groups excluding tert-OH is 1. The number of rotatable bonds is 10. The maximum atomic E-state index is 14.8. The Morgan fingerprint density at radius 1 is 0.806 bits per heavy atom. The van der Waals surface area contributed by atoms with Crippen LogP contribution in [0.3, 0.4) is 0 Å². The van der Waals surface area contributed by atoms with Gasteiger partial charge in [0.25, 0.3) is 0 Å². The zero-order chi connectivity index (χ0) is 26.6. The summed E-state index contributed by atoms with van der Waals surface area (Å²) in [5.41, 5.74) is 0.450. The lowest BCUT2D eigenvalue weighted by Crippen LogP contribution is -2.37. The van der Waals surface area contributed by atoms with E-state index in [0.29, 0.717) is 40.7 Å². The minimum absolute atomic E-state index is 0.215. The number of methoxy groups -OCH3 is 2. The first kappa shape index (κ1) is 29.5. The van der Waals surface area contributed by atoms with Crippen LogP contribution in [0.15, 0.2) is 18.2 Å². The van der Waals surface area contributed by atoms with Gasteiger partial charge in [-0.15, -0.1) is 0 Å². The first-order chi connectivity index (χ1) is 17.0. The van der Waals surface area contributed by atoms with E-state index < -0.39 is 13.4 Å². The Bertz CT molecular complexity index is 849. The molecule has 7 atom stereocenters. The minimum Gasteiger partial charge on any atom is -0.493 e. The summed E-state index contributed by atoms with van der Waals surface area (Å²) in [6.45, 7) is 13.2. The molecule has 0 radical (unpaired) electrons. The van der Waals surface area contributed by atoms with Crippen molar-refractivity contribution >= 4 is 7.60 Å². The normalized spacial score (nSPS) is 30.4. The van der Waals surface area contributed by atoms with Crippen LogP contribution in [-0.4, -0.2) is 31.5 Å². The summed E-state index contributed by atoms with van der Waals surface area (Å²) in [5.74, 6) is 1.92. The Balaban J connectivity index is 2.00. The van der Waals surface area contributed by atoms with Crippen LogP contribution in [0.5, 0.6) is 11.5 Å². The topological polar surface area (TPSA) is 74.2 Å². The molecular weight excluding hydrogens is 475 g/mol. The molecule has 1 aromatic rings. The van der Waals surface area contributed by atoms with Crippen LogP contribution in [0.1, 0.15) is 91.5 Å². The molecule has 0 aliphatic heterocycles. The summed E-state index contributed by atoms with van der Waals surface area (Å²) in [5, 5.41) is 11.7. The van der Waals surface area contributed by atoms with Gasteiger partial charge < -0.3 is 23.6 Å². The largest absolute Gasteiger partial charge is 0.493 e. The van der Waals surface area contributed by atoms with Crippen LogP contribution in [0.2, 0.25) is 0 Å². The third kappa shape index (κ3) is 6.87. The van der Waals surface area contributed by atoms with Gasteiger partial charge in [-0.3, -0.25) is 4.57 Å². The number of benzene rings is 1. The van der Waals surface area contributed by atoms with Gasteiger partial charge >= 0.3 is 7.60 Å². The van der Waals surface area contributed by atoms with Crippen molar-refractivity contribution in [2.75, 3.05) is 14.2 Å². The van der Waals surface area contributed by atoms with Crippen LogP contribution in [0.25, 0.3) is 0 Å². The second-order valence-electron chi connectivity index (χ2n) is 12.0. The smallest absolute Gasteiger partial charge is 0.363 e. The highest BCUT2D eigenvalue weighted by molar-refractivity contribution is 7.54. The highest BCUT2D eigenvalue weighted by atomic mass is 31.2. The van der Waals surface area contributed by atoms with Gasteiger partial charge in [0.15, 0.2) is 17.3 Å². The molecule has 0 saturated heterocycles. The fraction of sp³-hybridized carbons (Fsp3) is 0.793. The standard InChI is InChI=1S/C29H49O6P/c1-18(2)23-12-9-20(5)15-26(23)34-36(31,35-27-16-21(6)10-13-24(27)19(3)4)29(30)22-11-14-25(32-7)28(17-22)33-8/h11,14,17-21,23-24,26-27,29-30H,9-10,12-13,15-16H2,1-8H3/t20-,21-,23+,24+,26+,27+,29-/m0/s1. The second-order valence-corrected chi connectivity index (χ2v) is 14.0. The zero-order valence-electron chi connectivity index (χ0n) is 23.6. The molecule has 2 saturated carbocycles. The highest BCUT2D eigenvalue weighted by Crippen LogP contribution is 2.64. The molecule has 1 N–H and O–H groups in total. The van der Waals surface area contributed by atoms with Crippen molar-refractivity contribution in [1.82, 2.24) is 0 Å². The maximum Gasteiger partial charge on any atom is 0.363 e. The van der Waals surface area contributed by atoms with Gasteiger partial charge in [-0.1, -0.05) is 60.5 Å². The van der Waals surface area contributed by atoms with Gasteiger partial charge in [0.1, 0.15) is 0 Å². The van der Waals surface area contributed by atoms with E-state index in [2.05, 4.69) is 41.5 Å². The van der Waals surface area contributed by atoms with Crippen LogP contribution >= 0.6 is 7.60 Å². The van der Waals surface area contributed by atoms with Crippen molar-refractivity contribution in [2.24, 2.45) is 35.5 Å². The molecule has 1 aromatic carbocycles. The molecule has 0 unspecified atom stereocenters.